The van der Waals surface area contributed by atoms with Crippen molar-refractivity contribution in [3.05, 3.63) is 53.0 Å². The number of hydrogen-bond donors (Lipinski definition) is 1. The summed E-state index contributed by atoms with van der Waals surface area (Å²) in [6.07, 6.45) is 4.43. The van der Waals surface area contributed by atoms with E-state index in [1.807, 2.05) is 32.9 Å². The highest BCUT2D eigenvalue weighted by molar-refractivity contribution is 5.93. The topological polar surface area (TPSA) is 71.8 Å². The lowest BCUT2D eigenvalue weighted by Crippen LogP contribution is -2.47. The first-order valence-electron chi connectivity index (χ1n) is 9.25. The molecule has 1 aromatic carbocycles. The Morgan fingerprint density at radius 3 is 2.44 bits per heavy atom. The molecule has 1 fully saturated rings. The van der Waals surface area contributed by atoms with Crippen LogP contribution in [0.2, 0.25) is 0 Å². The highest BCUT2D eigenvalue weighted by atomic mass is 16.5. The van der Waals surface area contributed by atoms with Crippen molar-refractivity contribution in [1.29, 1.82) is 0 Å². The second-order valence-corrected chi connectivity index (χ2v) is 7.16. The summed E-state index contributed by atoms with van der Waals surface area (Å²) >= 11 is 0. The molecule has 1 aliphatic heterocycles. The van der Waals surface area contributed by atoms with E-state index in [-0.39, 0.29) is 24.5 Å². The predicted octanol–water partition coefficient (Wildman–Crippen LogP) is 3.00. The summed E-state index contributed by atoms with van der Waals surface area (Å²) in [6.45, 7) is 7.25. The van der Waals surface area contributed by atoms with E-state index in [1.54, 1.807) is 11.0 Å². The van der Waals surface area contributed by atoms with Gasteiger partial charge in [0.05, 0.1) is 11.8 Å². The van der Waals surface area contributed by atoms with Gasteiger partial charge in [-0.25, -0.2) is 0 Å². The fourth-order valence-electron chi connectivity index (χ4n) is 3.60. The van der Waals surface area contributed by atoms with E-state index in [2.05, 4.69) is 5.32 Å². The number of hydrogen-bond acceptors (Lipinski definition) is 4. The molecule has 2 amide bonds. The lowest BCUT2D eigenvalue weighted by Gasteiger charge is -2.32. The maximum absolute atomic E-state index is 12.3. The molecule has 0 saturated carbocycles. The normalized spacial score (nSPS) is 14.9. The second kappa shape index (κ2) is 8.29. The summed E-state index contributed by atoms with van der Waals surface area (Å²) in [4.78, 5) is 26.3. The van der Waals surface area contributed by atoms with Crippen molar-refractivity contribution in [2.45, 2.75) is 39.7 Å². The zero-order valence-electron chi connectivity index (χ0n) is 16.1. The minimum Gasteiger partial charge on any atom is -0.483 e. The van der Waals surface area contributed by atoms with Gasteiger partial charge in [-0.3, -0.25) is 9.59 Å². The van der Waals surface area contributed by atoms with E-state index in [4.69, 9.17) is 9.15 Å². The molecule has 0 spiro atoms. The number of nitrogens with one attached hydrogen (secondary N) is 1. The molecule has 2 heterocycles. The van der Waals surface area contributed by atoms with E-state index in [0.29, 0.717) is 18.7 Å². The van der Waals surface area contributed by atoms with Crippen LogP contribution in [0.3, 0.4) is 0 Å². The van der Waals surface area contributed by atoms with E-state index in [1.165, 1.54) is 18.1 Å². The standard InChI is InChI=1S/C21H26N2O4/c1-14-10-15(2)20(16(3)11-14)27-13-19(24)22-18-4-7-23(8-5-18)21(25)17-6-9-26-12-17/h6,9-12,18H,4-5,7-8,13H2,1-3H3,(H,22,24). The van der Waals surface area contributed by atoms with Gasteiger partial charge < -0.3 is 19.4 Å². The van der Waals surface area contributed by atoms with Crippen LogP contribution in [0.25, 0.3) is 0 Å². The van der Waals surface area contributed by atoms with E-state index >= 15 is 0 Å². The predicted molar refractivity (Wildman–Crippen MR) is 102 cm³/mol. The SMILES string of the molecule is Cc1cc(C)c(OCC(=O)NC2CCN(C(=O)c3ccoc3)CC2)c(C)c1. The largest absolute Gasteiger partial charge is 0.483 e. The van der Waals surface area contributed by atoms with Gasteiger partial charge in [0.25, 0.3) is 11.8 Å². The third-order valence-electron chi connectivity index (χ3n) is 4.87. The Kier molecular flexibility index (Phi) is 5.84. The quantitative estimate of drug-likeness (QED) is 0.878. The highest BCUT2D eigenvalue weighted by Crippen LogP contribution is 2.24. The fourth-order valence-corrected chi connectivity index (χ4v) is 3.60. The van der Waals surface area contributed by atoms with Crippen LogP contribution in [0.5, 0.6) is 5.75 Å². The van der Waals surface area contributed by atoms with Gasteiger partial charge in [0, 0.05) is 19.1 Å². The van der Waals surface area contributed by atoms with Gasteiger partial charge in [-0.05, 0) is 50.8 Å². The summed E-state index contributed by atoms with van der Waals surface area (Å²) < 4.78 is 10.7. The number of aryl methyl sites for hydroxylation is 3. The number of rotatable bonds is 5. The van der Waals surface area contributed by atoms with Gasteiger partial charge in [0.1, 0.15) is 12.0 Å². The molecule has 0 bridgehead atoms. The van der Waals surface area contributed by atoms with Crippen LogP contribution in [0.1, 0.15) is 39.9 Å². The fraction of sp³-hybridized carbons (Fsp3) is 0.429. The number of likely N-dealkylation sites (tertiary alicyclic amines) is 1. The van der Waals surface area contributed by atoms with Crippen LogP contribution >= 0.6 is 0 Å². The third kappa shape index (κ3) is 4.70. The summed E-state index contributed by atoms with van der Waals surface area (Å²) in [7, 11) is 0. The monoisotopic (exact) mass is 370 g/mol. The Bertz CT molecular complexity index is 783. The molecule has 0 aliphatic carbocycles. The summed E-state index contributed by atoms with van der Waals surface area (Å²) in [5.74, 6) is 0.618. The summed E-state index contributed by atoms with van der Waals surface area (Å²) in [5.41, 5.74) is 3.81. The number of ether oxygens (including phenoxy) is 1. The molecule has 0 atom stereocenters. The number of benzene rings is 1. The number of furan rings is 1. The Hall–Kier alpha value is -2.76. The Morgan fingerprint density at radius 1 is 1.19 bits per heavy atom. The maximum Gasteiger partial charge on any atom is 0.258 e. The molecule has 2 aromatic rings. The molecule has 0 radical (unpaired) electrons. The molecule has 144 valence electrons. The minimum absolute atomic E-state index is 0.00109. The molecule has 1 N–H and O–H groups in total. The van der Waals surface area contributed by atoms with Crippen molar-refractivity contribution in [1.82, 2.24) is 10.2 Å². The van der Waals surface area contributed by atoms with Crippen molar-refractivity contribution < 1.29 is 18.7 Å². The molecule has 3 rings (SSSR count). The lowest BCUT2D eigenvalue weighted by molar-refractivity contribution is -0.124. The average molecular weight is 370 g/mol. The van der Waals surface area contributed by atoms with Crippen LogP contribution < -0.4 is 10.1 Å². The smallest absolute Gasteiger partial charge is 0.258 e. The van der Waals surface area contributed by atoms with Crippen LogP contribution in [0.4, 0.5) is 0 Å². The van der Waals surface area contributed by atoms with Crippen molar-refractivity contribution in [3.63, 3.8) is 0 Å². The zero-order valence-corrected chi connectivity index (χ0v) is 16.1. The van der Waals surface area contributed by atoms with Crippen LogP contribution in [0.15, 0.2) is 35.1 Å². The minimum atomic E-state index is -0.131. The zero-order chi connectivity index (χ0) is 19.4. The first-order valence-corrected chi connectivity index (χ1v) is 9.25. The van der Waals surface area contributed by atoms with Gasteiger partial charge in [-0.1, -0.05) is 17.7 Å². The van der Waals surface area contributed by atoms with Crippen LogP contribution in [-0.2, 0) is 4.79 Å². The Balaban J connectivity index is 1.45. The lowest BCUT2D eigenvalue weighted by atomic mass is 10.0. The van der Waals surface area contributed by atoms with Gasteiger partial charge in [-0.2, -0.15) is 0 Å². The summed E-state index contributed by atoms with van der Waals surface area (Å²) in [6, 6.07) is 5.83. The van der Waals surface area contributed by atoms with Gasteiger partial charge >= 0.3 is 0 Å². The Morgan fingerprint density at radius 2 is 1.85 bits per heavy atom. The molecule has 0 unspecified atom stereocenters. The molecular formula is C21H26N2O4. The average Bonchev–Trinajstić information content (AvgIpc) is 3.15. The van der Waals surface area contributed by atoms with Crippen molar-refractivity contribution in [3.8, 4) is 5.75 Å². The first kappa shape index (κ1) is 19.0. The number of piperidine rings is 1. The van der Waals surface area contributed by atoms with E-state index in [9.17, 15) is 9.59 Å². The van der Waals surface area contributed by atoms with Gasteiger partial charge in [0.15, 0.2) is 6.61 Å². The molecule has 1 aliphatic rings. The number of carbonyl (C=O) groups excluding carboxylic acids is 2. The molecule has 1 aromatic heterocycles. The molecule has 27 heavy (non-hydrogen) atoms. The molecule has 6 heteroatoms. The first-order chi connectivity index (χ1) is 12.9. The van der Waals surface area contributed by atoms with Crippen LogP contribution in [-0.4, -0.2) is 42.5 Å². The third-order valence-corrected chi connectivity index (χ3v) is 4.87. The number of amides is 2. The maximum atomic E-state index is 12.3. The van der Waals surface area contributed by atoms with E-state index < -0.39 is 0 Å². The number of nitrogens with zero attached hydrogens (tertiary/aromatic N) is 1. The second-order valence-electron chi connectivity index (χ2n) is 7.16. The highest BCUT2D eigenvalue weighted by Gasteiger charge is 2.25. The number of carbonyl (C=O) groups is 2. The van der Waals surface area contributed by atoms with E-state index in [0.717, 1.165) is 29.7 Å². The molecule has 6 nitrogen and oxygen atoms in total. The van der Waals surface area contributed by atoms with Crippen molar-refractivity contribution in [2.24, 2.45) is 0 Å². The molecular weight excluding hydrogens is 344 g/mol. The van der Waals surface area contributed by atoms with Crippen molar-refractivity contribution >= 4 is 11.8 Å². The molecule has 1 saturated heterocycles. The van der Waals surface area contributed by atoms with Gasteiger partial charge in [-0.15, -0.1) is 0 Å². The summed E-state index contributed by atoms with van der Waals surface area (Å²) in [5, 5.41) is 3.01. The van der Waals surface area contributed by atoms with Gasteiger partial charge in [0.2, 0.25) is 0 Å². The van der Waals surface area contributed by atoms with Crippen molar-refractivity contribution in [2.75, 3.05) is 19.7 Å². The van der Waals surface area contributed by atoms with Crippen LogP contribution in [0, 0.1) is 20.8 Å². The Labute approximate surface area is 159 Å².